The van der Waals surface area contributed by atoms with Crippen LogP contribution in [0.25, 0.3) is 0 Å². The van der Waals surface area contributed by atoms with Crippen molar-refractivity contribution < 1.29 is 14.3 Å². The normalized spacial score (nSPS) is 17.9. The summed E-state index contributed by atoms with van der Waals surface area (Å²) < 4.78 is 10.4. The molecule has 0 bridgehead atoms. The number of hydrogen-bond acceptors (Lipinski definition) is 4. The molecule has 0 aromatic rings. The van der Waals surface area contributed by atoms with Crippen molar-refractivity contribution in [2.45, 2.75) is 12.5 Å². The van der Waals surface area contributed by atoms with Crippen LogP contribution in [0.15, 0.2) is 36.2 Å². The van der Waals surface area contributed by atoms with Crippen molar-refractivity contribution in [1.82, 2.24) is 5.32 Å². The Kier molecular flexibility index (Phi) is 4.93. The first-order valence-electron chi connectivity index (χ1n) is 5.34. The fraction of sp³-hybridized carbons (Fsp3) is 0.417. The van der Waals surface area contributed by atoms with Crippen LogP contribution in [0.1, 0.15) is 6.92 Å². The number of ether oxygens (including phenoxy) is 2. The van der Waals surface area contributed by atoms with Gasteiger partial charge in [0, 0.05) is 25.1 Å². The van der Waals surface area contributed by atoms with E-state index < -0.39 is 11.5 Å². The molecule has 0 fully saturated rings. The number of methoxy groups -OCH3 is 1. The molecule has 1 amide bonds. The van der Waals surface area contributed by atoms with Crippen LogP contribution >= 0.6 is 0 Å². The van der Waals surface area contributed by atoms with E-state index in [1.165, 1.54) is 0 Å². The third-order valence-corrected chi connectivity index (χ3v) is 2.52. The molecule has 0 aliphatic carbocycles. The lowest BCUT2D eigenvalue weighted by Crippen LogP contribution is -2.45. The second-order valence-electron chi connectivity index (χ2n) is 3.72. The number of nitrogens with two attached hydrogens (primary N) is 1. The van der Waals surface area contributed by atoms with Gasteiger partial charge >= 0.3 is 0 Å². The molecule has 0 radical (unpaired) electrons. The minimum Gasteiger partial charge on any atom is -0.382 e. The average molecular weight is 238 g/mol. The lowest BCUT2D eigenvalue weighted by atomic mass is 9.95. The Balaban J connectivity index is 2.83. The fourth-order valence-electron chi connectivity index (χ4n) is 1.38. The average Bonchev–Trinajstić information content (AvgIpc) is 2.57. The summed E-state index contributed by atoms with van der Waals surface area (Å²) in [4.78, 5) is 11.6. The van der Waals surface area contributed by atoms with Crippen LogP contribution in [-0.4, -0.2) is 31.8 Å². The molecule has 17 heavy (non-hydrogen) atoms. The Labute approximate surface area is 101 Å². The number of rotatable bonds is 6. The molecule has 1 aliphatic rings. The topological polar surface area (TPSA) is 73.6 Å². The molecule has 0 spiro atoms. The van der Waals surface area contributed by atoms with E-state index in [9.17, 15) is 4.79 Å². The van der Waals surface area contributed by atoms with E-state index in [2.05, 4.69) is 5.32 Å². The van der Waals surface area contributed by atoms with Gasteiger partial charge in [-0.25, -0.2) is 0 Å². The zero-order valence-electron chi connectivity index (χ0n) is 10.1. The monoisotopic (exact) mass is 238 g/mol. The third kappa shape index (κ3) is 3.44. The van der Waals surface area contributed by atoms with Gasteiger partial charge in [0.15, 0.2) is 5.60 Å². The van der Waals surface area contributed by atoms with Gasteiger partial charge < -0.3 is 20.5 Å². The SMILES string of the molecule is COCCOC(C)(C(N)=O)C1=CNC=CC=C1. The Bertz CT molecular complexity index is 361. The molecule has 0 aromatic heterocycles. The van der Waals surface area contributed by atoms with Crippen molar-refractivity contribution in [3.05, 3.63) is 36.2 Å². The molecule has 3 N–H and O–H groups in total. The zero-order valence-corrected chi connectivity index (χ0v) is 10.1. The molecule has 0 saturated carbocycles. The summed E-state index contributed by atoms with van der Waals surface area (Å²) in [6.07, 6.45) is 8.86. The number of amides is 1. The summed E-state index contributed by atoms with van der Waals surface area (Å²) in [5.74, 6) is -0.534. The van der Waals surface area contributed by atoms with E-state index in [0.29, 0.717) is 18.8 Å². The van der Waals surface area contributed by atoms with Crippen LogP contribution in [0.4, 0.5) is 0 Å². The Morgan fingerprint density at radius 1 is 1.47 bits per heavy atom. The second kappa shape index (κ2) is 6.22. The first-order chi connectivity index (χ1) is 8.11. The Morgan fingerprint density at radius 2 is 2.24 bits per heavy atom. The fourth-order valence-corrected chi connectivity index (χ4v) is 1.38. The molecule has 5 heteroatoms. The smallest absolute Gasteiger partial charge is 0.254 e. The van der Waals surface area contributed by atoms with E-state index in [-0.39, 0.29) is 0 Å². The maximum absolute atomic E-state index is 11.6. The number of carbonyl (C=O) groups is 1. The first kappa shape index (κ1) is 13.5. The maximum atomic E-state index is 11.6. The van der Waals surface area contributed by atoms with Gasteiger partial charge in [0.1, 0.15) is 0 Å². The minimum absolute atomic E-state index is 0.300. The first-order valence-corrected chi connectivity index (χ1v) is 5.34. The Hall–Kier alpha value is -1.59. The number of nitrogens with one attached hydrogen (secondary N) is 1. The summed E-state index contributed by atoms with van der Waals surface area (Å²) in [6.45, 7) is 2.36. The van der Waals surface area contributed by atoms with Crippen LogP contribution in [0.5, 0.6) is 0 Å². The highest BCUT2D eigenvalue weighted by Gasteiger charge is 2.35. The van der Waals surface area contributed by atoms with Crippen LogP contribution in [0, 0.1) is 0 Å². The third-order valence-electron chi connectivity index (χ3n) is 2.52. The highest BCUT2D eigenvalue weighted by Crippen LogP contribution is 2.22. The highest BCUT2D eigenvalue weighted by molar-refractivity contribution is 5.87. The number of primary amides is 1. The summed E-state index contributed by atoms with van der Waals surface area (Å²) in [5.41, 5.74) is 4.92. The molecule has 5 nitrogen and oxygen atoms in total. The highest BCUT2D eigenvalue weighted by atomic mass is 16.5. The van der Waals surface area contributed by atoms with Crippen molar-refractivity contribution in [3.63, 3.8) is 0 Å². The molecule has 1 unspecified atom stereocenters. The van der Waals surface area contributed by atoms with Crippen molar-refractivity contribution in [2.24, 2.45) is 5.73 Å². The molecule has 1 rings (SSSR count). The molecule has 0 saturated heterocycles. The maximum Gasteiger partial charge on any atom is 0.254 e. The van der Waals surface area contributed by atoms with Gasteiger partial charge in [0.25, 0.3) is 5.91 Å². The van der Waals surface area contributed by atoms with E-state index in [0.717, 1.165) is 0 Å². The lowest BCUT2D eigenvalue weighted by Gasteiger charge is -2.27. The van der Waals surface area contributed by atoms with Crippen LogP contribution in [-0.2, 0) is 14.3 Å². The van der Waals surface area contributed by atoms with Crippen molar-refractivity contribution in [2.75, 3.05) is 20.3 Å². The van der Waals surface area contributed by atoms with Gasteiger partial charge in [-0.15, -0.1) is 0 Å². The van der Waals surface area contributed by atoms with E-state index in [1.807, 2.05) is 12.2 Å². The molecular formula is C12H18N2O3. The number of carbonyl (C=O) groups excluding carboxylic acids is 1. The standard InChI is InChI=1S/C12H18N2O3/c1-12(11(13)15,17-8-7-16-2)10-5-3-4-6-14-9-10/h3-6,9,14H,7-8H2,1-2H3,(H2,13,15). The van der Waals surface area contributed by atoms with Gasteiger partial charge in [-0.3, -0.25) is 4.79 Å². The second-order valence-corrected chi connectivity index (χ2v) is 3.72. The van der Waals surface area contributed by atoms with Gasteiger partial charge in [-0.1, -0.05) is 12.2 Å². The largest absolute Gasteiger partial charge is 0.382 e. The van der Waals surface area contributed by atoms with Crippen molar-refractivity contribution in [3.8, 4) is 0 Å². The van der Waals surface area contributed by atoms with E-state index >= 15 is 0 Å². The number of allylic oxidation sites excluding steroid dienone is 2. The van der Waals surface area contributed by atoms with Gasteiger partial charge in [0.2, 0.25) is 0 Å². The predicted molar refractivity (Wildman–Crippen MR) is 64.9 cm³/mol. The molecule has 1 atom stereocenters. The molecule has 1 aliphatic heterocycles. The summed E-state index contributed by atoms with van der Waals surface area (Å²) in [5, 5.41) is 2.92. The van der Waals surface area contributed by atoms with Crippen molar-refractivity contribution in [1.29, 1.82) is 0 Å². The summed E-state index contributed by atoms with van der Waals surface area (Å²) in [7, 11) is 1.57. The molecular weight excluding hydrogens is 220 g/mol. The van der Waals surface area contributed by atoms with Crippen LogP contribution in [0.3, 0.4) is 0 Å². The summed E-state index contributed by atoms with van der Waals surface area (Å²) in [6, 6.07) is 0. The minimum atomic E-state index is -1.16. The number of hydrogen-bond donors (Lipinski definition) is 2. The summed E-state index contributed by atoms with van der Waals surface area (Å²) >= 11 is 0. The predicted octanol–water partition coefficient (Wildman–Crippen LogP) is 0.450. The molecule has 0 aromatic carbocycles. The van der Waals surface area contributed by atoms with Gasteiger partial charge in [0.05, 0.1) is 13.2 Å². The quantitative estimate of drug-likeness (QED) is 0.659. The lowest BCUT2D eigenvalue weighted by molar-refractivity contribution is -0.137. The van der Waals surface area contributed by atoms with Gasteiger partial charge in [-0.2, -0.15) is 0 Å². The van der Waals surface area contributed by atoms with Crippen LogP contribution in [0.2, 0.25) is 0 Å². The van der Waals surface area contributed by atoms with Gasteiger partial charge in [-0.05, 0) is 13.0 Å². The molecule has 94 valence electrons. The van der Waals surface area contributed by atoms with Crippen LogP contribution < -0.4 is 11.1 Å². The van der Waals surface area contributed by atoms with Crippen molar-refractivity contribution >= 4 is 5.91 Å². The van der Waals surface area contributed by atoms with E-state index in [4.69, 9.17) is 15.2 Å². The Morgan fingerprint density at radius 3 is 2.88 bits per heavy atom. The molecule has 1 heterocycles. The van der Waals surface area contributed by atoms with E-state index in [1.54, 1.807) is 32.5 Å². The zero-order chi connectivity index (χ0) is 12.7.